The van der Waals surface area contributed by atoms with Crippen LogP contribution in [0.5, 0.6) is 5.75 Å². The molecule has 0 radical (unpaired) electrons. The monoisotopic (exact) mass is 488 g/mol. The molecule has 0 aliphatic carbocycles. The Bertz CT molecular complexity index is 1450. The smallest absolute Gasteiger partial charge is 0.222 e. The van der Waals surface area contributed by atoms with E-state index < -0.39 is 5.82 Å². The van der Waals surface area contributed by atoms with Crippen LogP contribution >= 0.6 is 0 Å². The molecule has 3 aromatic heterocycles. The molecular formula is C26H25FN6O3. The van der Waals surface area contributed by atoms with Crippen LogP contribution in [0.25, 0.3) is 28.2 Å². The standard InChI is InChI=1S/C26H25FN6O3/c1-2-22(36)32-10-5-6-18(14-32)29-26-23(27)24(16-8-9-17(15-34)21(35)12-16)30-25(31-26)19-13-28-33-11-4-3-7-20(19)33/h3-4,7-9,11-13,15,18,35H,2,5-6,10,14H2,1H3,(H,29,30,31)/t18-/m1/s1. The number of amides is 1. The van der Waals surface area contributed by atoms with Crippen molar-refractivity contribution in [1.29, 1.82) is 0 Å². The van der Waals surface area contributed by atoms with Crippen LogP contribution in [0.15, 0.2) is 48.8 Å². The van der Waals surface area contributed by atoms with Gasteiger partial charge in [0.15, 0.2) is 23.7 Å². The number of phenols is 1. The van der Waals surface area contributed by atoms with E-state index >= 15 is 4.39 Å². The largest absolute Gasteiger partial charge is 0.507 e. The van der Waals surface area contributed by atoms with Crippen LogP contribution in [0.3, 0.4) is 0 Å². The van der Waals surface area contributed by atoms with Gasteiger partial charge in [-0.15, -0.1) is 0 Å². The average molecular weight is 489 g/mol. The van der Waals surface area contributed by atoms with Gasteiger partial charge in [0.05, 0.1) is 22.8 Å². The molecule has 0 spiro atoms. The maximum absolute atomic E-state index is 15.8. The Morgan fingerprint density at radius 1 is 1.28 bits per heavy atom. The first kappa shape index (κ1) is 23.4. The van der Waals surface area contributed by atoms with Crippen molar-refractivity contribution in [3.8, 4) is 28.4 Å². The zero-order chi connectivity index (χ0) is 25.2. The molecule has 1 aromatic carbocycles. The minimum absolute atomic E-state index is 0.0000299. The number of nitrogens with one attached hydrogen (secondary N) is 1. The van der Waals surface area contributed by atoms with Crippen molar-refractivity contribution in [1.82, 2.24) is 24.5 Å². The van der Waals surface area contributed by atoms with E-state index in [-0.39, 0.29) is 40.6 Å². The predicted octanol–water partition coefficient (Wildman–Crippen LogP) is 3.93. The molecule has 1 aliphatic rings. The van der Waals surface area contributed by atoms with Gasteiger partial charge >= 0.3 is 0 Å². The summed E-state index contributed by atoms with van der Waals surface area (Å²) in [5.41, 5.74) is 1.72. The first-order chi connectivity index (χ1) is 17.5. The molecule has 4 heterocycles. The third-order valence-electron chi connectivity index (χ3n) is 6.37. The van der Waals surface area contributed by atoms with Gasteiger partial charge in [-0.1, -0.05) is 19.1 Å². The molecule has 9 nitrogen and oxygen atoms in total. The first-order valence-corrected chi connectivity index (χ1v) is 11.8. The molecule has 1 atom stereocenters. The Balaban J connectivity index is 1.60. The normalized spacial score (nSPS) is 15.7. The van der Waals surface area contributed by atoms with Crippen LogP contribution in [0.1, 0.15) is 36.5 Å². The van der Waals surface area contributed by atoms with Gasteiger partial charge in [-0.2, -0.15) is 5.10 Å². The van der Waals surface area contributed by atoms with E-state index in [4.69, 9.17) is 0 Å². The average Bonchev–Trinajstić information content (AvgIpc) is 3.34. The highest BCUT2D eigenvalue weighted by atomic mass is 19.1. The zero-order valence-electron chi connectivity index (χ0n) is 19.7. The lowest BCUT2D eigenvalue weighted by atomic mass is 10.0. The SMILES string of the molecule is CCC(=O)N1CCC[C@@H](Nc2nc(-c3cnn4ccccc34)nc(-c3ccc(C=O)c(O)c3)c2F)C1. The number of aromatic hydroxyl groups is 1. The fraction of sp³-hybridized carbons (Fsp3) is 0.269. The van der Waals surface area contributed by atoms with Gasteiger partial charge in [-0.3, -0.25) is 9.59 Å². The molecular weight excluding hydrogens is 463 g/mol. The predicted molar refractivity (Wildman–Crippen MR) is 132 cm³/mol. The highest BCUT2D eigenvalue weighted by Crippen LogP contribution is 2.33. The van der Waals surface area contributed by atoms with Crippen LogP contribution in [-0.2, 0) is 4.79 Å². The van der Waals surface area contributed by atoms with Crippen molar-refractivity contribution >= 4 is 23.5 Å². The highest BCUT2D eigenvalue weighted by molar-refractivity contribution is 5.82. The summed E-state index contributed by atoms with van der Waals surface area (Å²) in [7, 11) is 0. The lowest BCUT2D eigenvalue weighted by molar-refractivity contribution is -0.131. The Hall–Kier alpha value is -4.34. The lowest BCUT2D eigenvalue weighted by Crippen LogP contribution is -2.45. The Labute approximate surface area is 206 Å². The van der Waals surface area contributed by atoms with Gasteiger partial charge in [0.1, 0.15) is 11.4 Å². The summed E-state index contributed by atoms with van der Waals surface area (Å²) in [4.78, 5) is 34.2. The summed E-state index contributed by atoms with van der Waals surface area (Å²) >= 11 is 0. The third-order valence-corrected chi connectivity index (χ3v) is 6.37. The molecule has 0 bridgehead atoms. The van der Waals surface area contributed by atoms with E-state index in [2.05, 4.69) is 20.4 Å². The topological polar surface area (TPSA) is 113 Å². The van der Waals surface area contributed by atoms with Gasteiger partial charge in [-0.05, 0) is 37.1 Å². The van der Waals surface area contributed by atoms with Crippen molar-refractivity contribution < 1.29 is 19.1 Å². The number of likely N-dealkylation sites (tertiary alicyclic amines) is 1. The number of carbonyl (C=O) groups excluding carboxylic acids is 2. The second-order valence-electron chi connectivity index (χ2n) is 8.72. The first-order valence-electron chi connectivity index (χ1n) is 11.8. The van der Waals surface area contributed by atoms with Crippen molar-refractivity contribution in [2.45, 2.75) is 32.2 Å². The van der Waals surface area contributed by atoms with Gasteiger partial charge in [-0.25, -0.2) is 18.9 Å². The van der Waals surface area contributed by atoms with E-state index in [9.17, 15) is 14.7 Å². The van der Waals surface area contributed by atoms with E-state index in [0.717, 1.165) is 18.4 Å². The summed E-state index contributed by atoms with van der Waals surface area (Å²) in [6.07, 6.45) is 5.90. The second kappa shape index (κ2) is 9.73. The van der Waals surface area contributed by atoms with Crippen LogP contribution < -0.4 is 5.32 Å². The Morgan fingerprint density at radius 3 is 2.92 bits per heavy atom. The van der Waals surface area contributed by atoms with Gasteiger partial charge in [0.25, 0.3) is 0 Å². The number of pyridine rings is 1. The molecule has 1 saturated heterocycles. The van der Waals surface area contributed by atoms with E-state index in [1.54, 1.807) is 21.8 Å². The summed E-state index contributed by atoms with van der Waals surface area (Å²) in [6.45, 7) is 2.95. The van der Waals surface area contributed by atoms with E-state index in [1.807, 2.05) is 25.1 Å². The van der Waals surface area contributed by atoms with Crippen molar-refractivity contribution in [3.05, 3.63) is 60.2 Å². The number of phenolic OH excluding ortho intramolecular Hbond substituents is 1. The number of aromatic nitrogens is 4. The van der Waals surface area contributed by atoms with Crippen LogP contribution in [0.4, 0.5) is 10.2 Å². The molecule has 5 rings (SSSR count). The fourth-order valence-electron chi connectivity index (χ4n) is 4.49. The number of carbonyl (C=O) groups is 2. The second-order valence-corrected chi connectivity index (χ2v) is 8.72. The summed E-state index contributed by atoms with van der Waals surface area (Å²) in [6, 6.07) is 9.63. The summed E-state index contributed by atoms with van der Waals surface area (Å²) in [5.74, 6) is -0.643. The maximum atomic E-state index is 15.8. The number of nitrogens with zero attached hydrogens (tertiary/aromatic N) is 5. The van der Waals surface area contributed by atoms with Crippen LogP contribution in [0.2, 0.25) is 0 Å². The van der Waals surface area contributed by atoms with E-state index in [1.165, 1.54) is 18.2 Å². The number of anilines is 1. The highest BCUT2D eigenvalue weighted by Gasteiger charge is 2.26. The molecule has 4 aromatic rings. The molecule has 2 N–H and O–H groups in total. The van der Waals surface area contributed by atoms with Crippen molar-refractivity contribution in [2.24, 2.45) is 0 Å². The molecule has 1 fully saturated rings. The van der Waals surface area contributed by atoms with E-state index in [0.29, 0.717) is 36.9 Å². The molecule has 1 aliphatic heterocycles. The number of piperidine rings is 1. The fourth-order valence-corrected chi connectivity index (χ4v) is 4.49. The van der Waals surface area contributed by atoms with Gasteiger partial charge in [0.2, 0.25) is 5.91 Å². The summed E-state index contributed by atoms with van der Waals surface area (Å²) in [5, 5.41) is 17.7. The quantitative estimate of drug-likeness (QED) is 0.396. The molecule has 36 heavy (non-hydrogen) atoms. The van der Waals surface area contributed by atoms with Gasteiger partial charge < -0.3 is 15.3 Å². The van der Waals surface area contributed by atoms with Crippen LogP contribution in [-0.4, -0.2) is 60.9 Å². The molecule has 10 heteroatoms. The molecule has 0 saturated carbocycles. The zero-order valence-corrected chi connectivity index (χ0v) is 19.7. The lowest BCUT2D eigenvalue weighted by Gasteiger charge is -2.33. The van der Waals surface area contributed by atoms with Gasteiger partial charge in [0, 0.05) is 37.3 Å². The number of aldehydes is 1. The number of hydrogen-bond donors (Lipinski definition) is 2. The summed E-state index contributed by atoms with van der Waals surface area (Å²) < 4.78 is 17.5. The Morgan fingerprint density at radius 2 is 2.14 bits per heavy atom. The Kier molecular flexibility index (Phi) is 6.32. The number of halogens is 1. The molecule has 0 unspecified atom stereocenters. The third kappa shape index (κ3) is 4.37. The van der Waals surface area contributed by atoms with Crippen molar-refractivity contribution in [3.63, 3.8) is 0 Å². The molecule has 184 valence electrons. The maximum Gasteiger partial charge on any atom is 0.222 e. The van der Waals surface area contributed by atoms with Crippen LogP contribution in [0, 0.1) is 5.82 Å². The number of fused-ring (bicyclic) bond motifs is 1. The number of rotatable bonds is 6. The molecule has 1 amide bonds. The minimum atomic E-state index is -0.688. The minimum Gasteiger partial charge on any atom is -0.507 e. The van der Waals surface area contributed by atoms with Crippen molar-refractivity contribution in [2.75, 3.05) is 18.4 Å². The number of benzene rings is 1. The number of hydrogen-bond acceptors (Lipinski definition) is 7.